The van der Waals surface area contributed by atoms with Crippen molar-refractivity contribution in [3.63, 3.8) is 0 Å². The molecule has 33 heavy (non-hydrogen) atoms. The van der Waals surface area contributed by atoms with Gasteiger partial charge in [-0.3, -0.25) is 14.0 Å². The Bertz CT molecular complexity index is 1200. The summed E-state index contributed by atoms with van der Waals surface area (Å²) >= 11 is 0. The number of fused-ring (bicyclic) bond motifs is 1. The van der Waals surface area contributed by atoms with Crippen molar-refractivity contribution in [2.24, 2.45) is 7.05 Å². The number of rotatable bonds is 10. The summed E-state index contributed by atoms with van der Waals surface area (Å²) in [6, 6.07) is 7.05. The lowest BCUT2D eigenvalue weighted by Crippen LogP contribution is -2.41. The summed E-state index contributed by atoms with van der Waals surface area (Å²) in [5.74, 6) is 1.25. The molecule has 3 aromatic rings. The first-order valence-corrected chi connectivity index (χ1v) is 11.2. The van der Waals surface area contributed by atoms with Crippen molar-refractivity contribution in [3.8, 4) is 11.5 Å². The fourth-order valence-corrected chi connectivity index (χ4v) is 3.71. The zero-order valence-corrected chi connectivity index (χ0v) is 20.2. The summed E-state index contributed by atoms with van der Waals surface area (Å²) in [7, 11) is 3.11. The van der Waals surface area contributed by atoms with Crippen LogP contribution in [-0.2, 0) is 29.5 Å². The highest BCUT2D eigenvalue weighted by Gasteiger charge is 2.35. The van der Waals surface area contributed by atoms with E-state index in [1.165, 1.54) is 7.11 Å². The molecule has 0 aliphatic heterocycles. The van der Waals surface area contributed by atoms with Crippen LogP contribution in [0, 0.1) is 6.92 Å². The Labute approximate surface area is 193 Å². The van der Waals surface area contributed by atoms with Crippen molar-refractivity contribution >= 4 is 17.0 Å². The van der Waals surface area contributed by atoms with Gasteiger partial charge in [-0.25, -0.2) is 9.78 Å². The third-order valence-corrected chi connectivity index (χ3v) is 5.71. The third kappa shape index (κ3) is 5.02. The summed E-state index contributed by atoms with van der Waals surface area (Å²) in [4.78, 5) is 29.8. The van der Waals surface area contributed by atoms with E-state index in [0.717, 1.165) is 18.5 Å². The third-order valence-electron chi connectivity index (χ3n) is 5.71. The SMILES string of the molecule is CCCc1nn(C)c2c(=O)n(CCOc3cccc(O[C@](C)(CC)C(=O)OC)c3)c(C)nc12. The Hall–Kier alpha value is -3.36. The lowest BCUT2D eigenvalue weighted by Gasteiger charge is -2.26. The molecule has 9 heteroatoms. The van der Waals surface area contributed by atoms with Gasteiger partial charge in [0.1, 0.15) is 29.4 Å². The maximum absolute atomic E-state index is 13.1. The van der Waals surface area contributed by atoms with E-state index < -0.39 is 11.6 Å². The smallest absolute Gasteiger partial charge is 0.349 e. The summed E-state index contributed by atoms with van der Waals surface area (Å²) in [5, 5.41) is 4.48. The number of hydrogen-bond donors (Lipinski definition) is 0. The van der Waals surface area contributed by atoms with Gasteiger partial charge in [0.05, 0.1) is 19.3 Å². The van der Waals surface area contributed by atoms with E-state index in [9.17, 15) is 9.59 Å². The van der Waals surface area contributed by atoms with Crippen LogP contribution in [0.3, 0.4) is 0 Å². The molecular weight excluding hydrogens is 424 g/mol. The normalized spacial score (nSPS) is 13.0. The minimum absolute atomic E-state index is 0.132. The van der Waals surface area contributed by atoms with E-state index in [0.29, 0.717) is 41.3 Å². The molecule has 3 rings (SSSR count). The van der Waals surface area contributed by atoms with Gasteiger partial charge in [0.25, 0.3) is 5.56 Å². The summed E-state index contributed by atoms with van der Waals surface area (Å²) in [6.45, 7) is 8.03. The van der Waals surface area contributed by atoms with E-state index in [2.05, 4.69) is 17.0 Å². The van der Waals surface area contributed by atoms with Crippen LogP contribution in [0.2, 0.25) is 0 Å². The highest BCUT2D eigenvalue weighted by atomic mass is 16.6. The number of methoxy groups -OCH3 is 1. The van der Waals surface area contributed by atoms with Crippen LogP contribution in [0.1, 0.15) is 45.1 Å². The van der Waals surface area contributed by atoms with Crippen LogP contribution in [-0.4, -0.2) is 44.6 Å². The molecule has 0 aliphatic carbocycles. The molecule has 178 valence electrons. The lowest BCUT2D eigenvalue weighted by molar-refractivity contribution is -0.157. The molecule has 0 radical (unpaired) electrons. The molecule has 9 nitrogen and oxygen atoms in total. The predicted molar refractivity (Wildman–Crippen MR) is 125 cm³/mol. The Kier molecular flexibility index (Phi) is 7.40. The largest absolute Gasteiger partial charge is 0.492 e. The van der Waals surface area contributed by atoms with Gasteiger partial charge in [0.15, 0.2) is 5.52 Å². The van der Waals surface area contributed by atoms with Crippen LogP contribution in [0.5, 0.6) is 11.5 Å². The molecule has 1 aromatic carbocycles. The number of nitrogens with zero attached hydrogens (tertiary/aromatic N) is 4. The standard InChI is InChI=1S/C24H32N4O5/c1-7-10-19-20-21(27(5)26-19)22(29)28(16(3)25-20)13-14-32-17-11-9-12-18(15-17)33-24(4,8-2)23(30)31-6/h9,11-12,15H,7-8,10,13-14H2,1-6H3/t24-/m1/s1. The molecule has 2 heterocycles. The lowest BCUT2D eigenvalue weighted by atomic mass is 10.0. The van der Waals surface area contributed by atoms with Gasteiger partial charge in [-0.2, -0.15) is 5.10 Å². The fraction of sp³-hybridized carbons (Fsp3) is 0.500. The Morgan fingerprint density at radius 3 is 2.61 bits per heavy atom. The van der Waals surface area contributed by atoms with Gasteiger partial charge in [-0.15, -0.1) is 0 Å². The molecule has 0 bridgehead atoms. The molecule has 1 atom stereocenters. The van der Waals surface area contributed by atoms with Crippen molar-refractivity contribution in [1.82, 2.24) is 19.3 Å². The van der Waals surface area contributed by atoms with Crippen LogP contribution in [0.4, 0.5) is 0 Å². The summed E-state index contributed by atoms with van der Waals surface area (Å²) in [6.07, 6.45) is 2.17. The zero-order chi connectivity index (χ0) is 24.2. The average molecular weight is 457 g/mol. The van der Waals surface area contributed by atoms with Crippen LogP contribution in [0.25, 0.3) is 11.0 Å². The molecule has 0 fully saturated rings. The van der Waals surface area contributed by atoms with Crippen molar-refractivity contribution in [2.45, 2.75) is 59.1 Å². The van der Waals surface area contributed by atoms with Crippen LogP contribution >= 0.6 is 0 Å². The summed E-state index contributed by atoms with van der Waals surface area (Å²) < 4.78 is 19.8. The molecule has 0 saturated heterocycles. The van der Waals surface area contributed by atoms with Crippen molar-refractivity contribution in [3.05, 3.63) is 46.1 Å². The van der Waals surface area contributed by atoms with E-state index in [4.69, 9.17) is 14.2 Å². The summed E-state index contributed by atoms with van der Waals surface area (Å²) in [5.41, 5.74) is 0.807. The number of aryl methyl sites for hydroxylation is 3. The van der Waals surface area contributed by atoms with Gasteiger partial charge < -0.3 is 14.2 Å². The number of benzene rings is 1. The topological polar surface area (TPSA) is 97.5 Å². The number of carbonyl (C=O) groups excluding carboxylic acids is 1. The van der Waals surface area contributed by atoms with Crippen LogP contribution < -0.4 is 15.0 Å². The monoisotopic (exact) mass is 456 g/mol. The number of aromatic nitrogens is 4. The second kappa shape index (κ2) is 10.1. The fourth-order valence-electron chi connectivity index (χ4n) is 3.71. The Morgan fingerprint density at radius 1 is 1.21 bits per heavy atom. The first-order valence-electron chi connectivity index (χ1n) is 11.2. The maximum Gasteiger partial charge on any atom is 0.349 e. The van der Waals surface area contributed by atoms with Crippen molar-refractivity contribution < 1.29 is 19.0 Å². The van der Waals surface area contributed by atoms with Gasteiger partial charge in [-0.05, 0) is 38.8 Å². The van der Waals surface area contributed by atoms with E-state index in [1.807, 2.05) is 13.8 Å². The molecule has 0 spiro atoms. The van der Waals surface area contributed by atoms with Crippen molar-refractivity contribution in [2.75, 3.05) is 13.7 Å². The second-order valence-electron chi connectivity index (χ2n) is 8.13. The molecule has 0 unspecified atom stereocenters. The quantitative estimate of drug-likeness (QED) is 0.432. The van der Waals surface area contributed by atoms with Gasteiger partial charge in [0, 0.05) is 13.1 Å². The molecule has 0 amide bonds. The van der Waals surface area contributed by atoms with Gasteiger partial charge >= 0.3 is 5.97 Å². The van der Waals surface area contributed by atoms with E-state index in [-0.39, 0.29) is 12.2 Å². The number of carbonyl (C=O) groups is 1. The minimum atomic E-state index is -1.08. The number of ether oxygens (including phenoxy) is 3. The highest BCUT2D eigenvalue weighted by molar-refractivity contribution is 5.79. The van der Waals surface area contributed by atoms with Gasteiger partial charge in [0.2, 0.25) is 5.60 Å². The van der Waals surface area contributed by atoms with Gasteiger partial charge in [-0.1, -0.05) is 26.3 Å². The molecular formula is C24H32N4O5. The van der Waals surface area contributed by atoms with Crippen molar-refractivity contribution in [1.29, 1.82) is 0 Å². The van der Waals surface area contributed by atoms with Crippen LogP contribution in [0.15, 0.2) is 29.1 Å². The predicted octanol–water partition coefficient (Wildman–Crippen LogP) is 3.19. The Morgan fingerprint density at radius 2 is 1.94 bits per heavy atom. The van der Waals surface area contributed by atoms with E-state index in [1.54, 1.807) is 47.5 Å². The maximum atomic E-state index is 13.1. The minimum Gasteiger partial charge on any atom is -0.492 e. The number of esters is 1. The molecule has 2 aromatic heterocycles. The highest BCUT2D eigenvalue weighted by Crippen LogP contribution is 2.26. The Balaban J connectivity index is 1.75. The molecule has 0 saturated carbocycles. The zero-order valence-electron chi connectivity index (χ0n) is 20.2. The van der Waals surface area contributed by atoms with E-state index >= 15 is 0 Å². The first-order chi connectivity index (χ1) is 15.7. The second-order valence-corrected chi connectivity index (χ2v) is 8.13. The number of hydrogen-bond acceptors (Lipinski definition) is 7. The first kappa shape index (κ1) is 24.3. The molecule has 0 N–H and O–H groups in total. The average Bonchev–Trinajstić information content (AvgIpc) is 3.10. The molecule has 0 aliphatic rings.